The maximum absolute atomic E-state index is 13.0. The number of para-hydroxylation sites is 1. The summed E-state index contributed by atoms with van der Waals surface area (Å²) in [5.74, 6) is -0.965. The van der Waals surface area contributed by atoms with Crippen molar-refractivity contribution in [1.29, 1.82) is 0 Å². The molecule has 6 nitrogen and oxygen atoms in total. The van der Waals surface area contributed by atoms with Gasteiger partial charge in [-0.25, -0.2) is 0 Å². The number of carbonyl (C=O) groups excluding carboxylic acids is 3. The minimum atomic E-state index is -0.442. The van der Waals surface area contributed by atoms with Crippen LogP contribution in [0.5, 0.6) is 0 Å². The predicted octanol–water partition coefficient (Wildman–Crippen LogP) is 4.21. The molecule has 0 saturated carbocycles. The first kappa shape index (κ1) is 23.2. The van der Waals surface area contributed by atoms with Crippen LogP contribution < -0.4 is 10.6 Å². The SMILES string of the molecule is CC(NC(=O)c1ccccc1NC(=O)C1CC(=O)N(CCc2ccccc2)C1)c1ccccc1. The van der Waals surface area contributed by atoms with E-state index < -0.39 is 5.92 Å². The largest absolute Gasteiger partial charge is 0.345 e. The van der Waals surface area contributed by atoms with Crippen LogP contribution in [0.15, 0.2) is 84.9 Å². The normalized spacial score (nSPS) is 16.2. The second-order valence-electron chi connectivity index (χ2n) is 8.62. The Morgan fingerprint density at radius 1 is 0.941 bits per heavy atom. The fourth-order valence-corrected chi connectivity index (χ4v) is 4.20. The average molecular weight is 456 g/mol. The Morgan fingerprint density at radius 2 is 1.59 bits per heavy atom. The molecule has 174 valence electrons. The van der Waals surface area contributed by atoms with Crippen molar-refractivity contribution in [1.82, 2.24) is 10.2 Å². The molecule has 0 bridgehead atoms. The Morgan fingerprint density at radius 3 is 2.32 bits per heavy atom. The van der Waals surface area contributed by atoms with Crippen LogP contribution >= 0.6 is 0 Å². The molecule has 0 radical (unpaired) electrons. The molecule has 0 aliphatic carbocycles. The molecule has 1 saturated heterocycles. The van der Waals surface area contributed by atoms with Gasteiger partial charge in [0.25, 0.3) is 5.91 Å². The van der Waals surface area contributed by atoms with Gasteiger partial charge < -0.3 is 15.5 Å². The standard InChI is InChI=1S/C28H29N3O3/c1-20(22-12-6-3-7-13-22)29-28(34)24-14-8-9-15-25(24)30-27(33)23-18-26(32)31(19-23)17-16-21-10-4-2-5-11-21/h2-15,20,23H,16-19H2,1H3,(H,29,34)(H,30,33). The second kappa shape index (κ2) is 10.8. The van der Waals surface area contributed by atoms with Gasteiger partial charge in [-0.15, -0.1) is 0 Å². The quantitative estimate of drug-likeness (QED) is 0.534. The van der Waals surface area contributed by atoms with Crippen molar-refractivity contribution in [3.63, 3.8) is 0 Å². The van der Waals surface area contributed by atoms with Gasteiger partial charge in [-0.3, -0.25) is 14.4 Å². The van der Waals surface area contributed by atoms with Crippen LogP contribution in [0.4, 0.5) is 5.69 Å². The topological polar surface area (TPSA) is 78.5 Å². The number of hydrogen-bond acceptors (Lipinski definition) is 3. The second-order valence-corrected chi connectivity index (χ2v) is 8.62. The van der Waals surface area contributed by atoms with Crippen LogP contribution in [0.25, 0.3) is 0 Å². The van der Waals surface area contributed by atoms with Crippen LogP contribution in [0.2, 0.25) is 0 Å². The number of likely N-dealkylation sites (tertiary alicyclic amines) is 1. The van der Waals surface area contributed by atoms with E-state index in [1.54, 1.807) is 29.2 Å². The molecule has 3 aromatic carbocycles. The van der Waals surface area contributed by atoms with Crippen LogP contribution in [0.1, 0.15) is 40.9 Å². The summed E-state index contributed by atoms with van der Waals surface area (Å²) in [7, 11) is 0. The third kappa shape index (κ3) is 5.70. The van der Waals surface area contributed by atoms with Gasteiger partial charge in [-0.1, -0.05) is 72.8 Å². The summed E-state index contributed by atoms with van der Waals surface area (Å²) in [5.41, 5.74) is 3.00. The van der Waals surface area contributed by atoms with E-state index in [4.69, 9.17) is 0 Å². The maximum atomic E-state index is 13.0. The van der Waals surface area contributed by atoms with Gasteiger partial charge in [0.05, 0.1) is 23.2 Å². The summed E-state index contributed by atoms with van der Waals surface area (Å²) in [6.45, 7) is 2.89. The molecule has 1 heterocycles. The molecule has 2 unspecified atom stereocenters. The van der Waals surface area contributed by atoms with Crippen molar-refractivity contribution < 1.29 is 14.4 Å². The van der Waals surface area contributed by atoms with E-state index in [2.05, 4.69) is 10.6 Å². The predicted molar refractivity (Wildman–Crippen MR) is 132 cm³/mol. The van der Waals surface area contributed by atoms with Gasteiger partial charge in [-0.2, -0.15) is 0 Å². The molecule has 3 aromatic rings. The number of nitrogens with one attached hydrogen (secondary N) is 2. The Labute approximate surface area is 200 Å². The van der Waals surface area contributed by atoms with Crippen LogP contribution in [0, 0.1) is 5.92 Å². The molecule has 3 amide bonds. The molecule has 1 aliphatic rings. The fraction of sp³-hybridized carbons (Fsp3) is 0.250. The lowest BCUT2D eigenvalue weighted by Crippen LogP contribution is -2.31. The summed E-state index contributed by atoms with van der Waals surface area (Å²) >= 11 is 0. The number of carbonyl (C=O) groups is 3. The van der Waals surface area contributed by atoms with Gasteiger partial charge in [0.1, 0.15) is 0 Å². The van der Waals surface area contributed by atoms with E-state index in [1.165, 1.54) is 0 Å². The third-order valence-corrected chi connectivity index (χ3v) is 6.18. The molecule has 1 aliphatic heterocycles. The number of anilines is 1. The molecular formula is C28H29N3O3. The Kier molecular flexibility index (Phi) is 7.38. The third-order valence-electron chi connectivity index (χ3n) is 6.18. The first-order valence-electron chi connectivity index (χ1n) is 11.6. The van der Waals surface area contributed by atoms with Crippen LogP contribution in [0.3, 0.4) is 0 Å². The zero-order chi connectivity index (χ0) is 23.9. The lowest BCUT2D eigenvalue weighted by atomic mass is 10.1. The smallest absolute Gasteiger partial charge is 0.253 e. The highest BCUT2D eigenvalue weighted by atomic mass is 16.2. The minimum Gasteiger partial charge on any atom is -0.345 e. The van der Waals surface area contributed by atoms with Crippen molar-refractivity contribution in [2.24, 2.45) is 5.92 Å². The van der Waals surface area contributed by atoms with Crippen LogP contribution in [-0.2, 0) is 16.0 Å². The number of rotatable bonds is 8. The van der Waals surface area contributed by atoms with E-state index in [-0.39, 0.29) is 30.2 Å². The van der Waals surface area contributed by atoms with Gasteiger partial charge in [-0.05, 0) is 36.6 Å². The lowest BCUT2D eigenvalue weighted by Gasteiger charge is -2.18. The fourth-order valence-electron chi connectivity index (χ4n) is 4.20. The first-order chi connectivity index (χ1) is 16.5. The number of amides is 3. The zero-order valence-corrected chi connectivity index (χ0v) is 19.2. The molecular weight excluding hydrogens is 426 g/mol. The molecule has 0 spiro atoms. The zero-order valence-electron chi connectivity index (χ0n) is 19.2. The molecule has 2 atom stereocenters. The molecule has 1 fully saturated rings. The van der Waals surface area contributed by atoms with Crippen molar-refractivity contribution in [3.05, 3.63) is 102 Å². The van der Waals surface area contributed by atoms with Gasteiger partial charge >= 0.3 is 0 Å². The molecule has 6 heteroatoms. The van der Waals surface area contributed by atoms with Crippen molar-refractivity contribution in [2.75, 3.05) is 18.4 Å². The van der Waals surface area contributed by atoms with Crippen molar-refractivity contribution in [2.45, 2.75) is 25.8 Å². The summed E-state index contributed by atoms with van der Waals surface area (Å²) in [5, 5.41) is 5.87. The highest BCUT2D eigenvalue weighted by molar-refractivity contribution is 6.05. The van der Waals surface area contributed by atoms with Gasteiger partial charge in [0.2, 0.25) is 11.8 Å². The van der Waals surface area contributed by atoms with E-state index >= 15 is 0 Å². The number of hydrogen-bond donors (Lipinski definition) is 2. The summed E-state index contributed by atoms with van der Waals surface area (Å²) in [6, 6.07) is 26.5. The first-order valence-corrected chi connectivity index (χ1v) is 11.6. The van der Waals surface area contributed by atoms with E-state index in [0.717, 1.165) is 17.5 Å². The Bertz CT molecular complexity index is 1150. The van der Waals surface area contributed by atoms with E-state index in [9.17, 15) is 14.4 Å². The molecule has 34 heavy (non-hydrogen) atoms. The van der Waals surface area contributed by atoms with E-state index in [0.29, 0.717) is 24.3 Å². The average Bonchev–Trinajstić information content (AvgIpc) is 3.24. The van der Waals surface area contributed by atoms with Crippen molar-refractivity contribution in [3.8, 4) is 0 Å². The monoisotopic (exact) mass is 455 g/mol. The Hall–Kier alpha value is -3.93. The molecule has 0 aromatic heterocycles. The van der Waals surface area contributed by atoms with E-state index in [1.807, 2.05) is 67.6 Å². The summed E-state index contributed by atoms with van der Waals surface area (Å²) in [4.78, 5) is 40.2. The Balaban J connectivity index is 1.37. The lowest BCUT2D eigenvalue weighted by molar-refractivity contribution is -0.128. The number of nitrogens with zero attached hydrogens (tertiary/aromatic N) is 1. The minimum absolute atomic E-state index is 0.0150. The molecule has 4 rings (SSSR count). The highest BCUT2D eigenvalue weighted by Gasteiger charge is 2.34. The van der Waals surface area contributed by atoms with Crippen molar-refractivity contribution >= 4 is 23.4 Å². The number of benzene rings is 3. The van der Waals surface area contributed by atoms with Crippen LogP contribution in [-0.4, -0.2) is 35.7 Å². The highest BCUT2D eigenvalue weighted by Crippen LogP contribution is 2.23. The summed E-state index contributed by atoms with van der Waals surface area (Å²) in [6.07, 6.45) is 0.934. The molecule has 2 N–H and O–H groups in total. The van der Waals surface area contributed by atoms with Gasteiger partial charge in [0, 0.05) is 19.5 Å². The van der Waals surface area contributed by atoms with Gasteiger partial charge in [0.15, 0.2) is 0 Å². The summed E-state index contributed by atoms with van der Waals surface area (Å²) < 4.78 is 0. The maximum Gasteiger partial charge on any atom is 0.253 e.